The number of carbonyl (C=O) groups excluding carboxylic acids is 3. The van der Waals surface area contributed by atoms with Crippen molar-refractivity contribution in [1.82, 2.24) is 9.80 Å². The molecule has 40 heavy (non-hydrogen) atoms. The molecule has 0 aliphatic carbocycles. The quantitative estimate of drug-likeness (QED) is 0.193. The zero-order valence-electron chi connectivity index (χ0n) is 22.4. The van der Waals surface area contributed by atoms with Crippen LogP contribution in [0, 0.1) is 3.57 Å². The van der Waals surface area contributed by atoms with Crippen LogP contribution < -0.4 is 9.47 Å². The molecular weight excluding hydrogens is 639 g/mol. The van der Waals surface area contributed by atoms with Crippen LogP contribution in [0.5, 0.6) is 11.5 Å². The smallest absolute Gasteiger partial charge is 0.294 e. The molecule has 0 bridgehead atoms. The zero-order chi connectivity index (χ0) is 28.1. The molecule has 0 saturated carbocycles. The molecule has 0 atom stereocenters. The minimum absolute atomic E-state index is 0.175. The van der Waals surface area contributed by atoms with E-state index in [0.29, 0.717) is 37.8 Å². The highest BCUT2D eigenvalue weighted by molar-refractivity contribution is 14.1. The standard InChI is InChI=1S/C31H31IN2O5S/c1-2-38-26-17-21(16-25(32)29(26)39-20-23-12-9-11-22-10-5-6-13-24(22)23)18-27-30(36)34(31(37)40-27)19-28(35)33-14-7-3-4-8-15-33/h5-6,9-13,16-18H,2-4,7-8,14-15,19-20H2,1H3. The number of imide groups is 1. The summed E-state index contributed by atoms with van der Waals surface area (Å²) < 4.78 is 13.0. The Labute approximate surface area is 252 Å². The van der Waals surface area contributed by atoms with Gasteiger partial charge in [0.2, 0.25) is 5.91 Å². The van der Waals surface area contributed by atoms with Gasteiger partial charge in [-0.05, 0) is 94.2 Å². The topological polar surface area (TPSA) is 76.2 Å². The summed E-state index contributed by atoms with van der Waals surface area (Å²) >= 11 is 3.06. The highest BCUT2D eigenvalue weighted by Gasteiger charge is 2.37. The fourth-order valence-electron chi connectivity index (χ4n) is 4.99. The van der Waals surface area contributed by atoms with Gasteiger partial charge in [-0.3, -0.25) is 19.3 Å². The van der Waals surface area contributed by atoms with E-state index in [-0.39, 0.29) is 17.4 Å². The fraction of sp³-hybridized carbons (Fsp3) is 0.323. The number of thioether (sulfide) groups is 1. The molecule has 2 saturated heterocycles. The van der Waals surface area contributed by atoms with Gasteiger partial charge in [0.25, 0.3) is 11.1 Å². The monoisotopic (exact) mass is 670 g/mol. The van der Waals surface area contributed by atoms with Crippen LogP contribution in [0.3, 0.4) is 0 Å². The molecule has 2 aliphatic heterocycles. The Hall–Kier alpha value is -3.05. The SMILES string of the molecule is CCOc1cc(C=C2SC(=O)N(CC(=O)N3CCCCCC3)C2=O)cc(I)c1OCc1cccc2ccccc12. The zero-order valence-corrected chi connectivity index (χ0v) is 25.3. The lowest BCUT2D eigenvalue weighted by Crippen LogP contribution is -2.42. The third-order valence-corrected chi connectivity index (χ3v) is 8.72. The Morgan fingerprint density at radius 1 is 1.00 bits per heavy atom. The number of fused-ring (bicyclic) bond motifs is 1. The van der Waals surface area contributed by atoms with Gasteiger partial charge < -0.3 is 14.4 Å². The van der Waals surface area contributed by atoms with Crippen molar-refractivity contribution >= 4 is 68.3 Å². The summed E-state index contributed by atoms with van der Waals surface area (Å²) in [5, 5.41) is 1.87. The molecule has 3 amide bonds. The first-order chi connectivity index (χ1) is 19.4. The van der Waals surface area contributed by atoms with Gasteiger partial charge in [0, 0.05) is 13.1 Å². The lowest BCUT2D eigenvalue weighted by atomic mass is 10.1. The average Bonchev–Trinajstić information content (AvgIpc) is 3.12. The average molecular weight is 671 g/mol. The number of hydrogen-bond donors (Lipinski definition) is 0. The van der Waals surface area contributed by atoms with Crippen molar-refractivity contribution in [2.45, 2.75) is 39.2 Å². The van der Waals surface area contributed by atoms with Crippen LogP contribution in [-0.4, -0.2) is 53.1 Å². The second-order valence-electron chi connectivity index (χ2n) is 9.75. The summed E-state index contributed by atoms with van der Waals surface area (Å²) in [6.45, 7) is 3.86. The number of ether oxygens (including phenoxy) is 2. The second-order valence-corrected chi connectivity index (χ2v) is 11.9. The number of amides is 3. The van der Waals surface area contributed by atoms with Gasteiger partial charge in [0.05, 0.1) is 15.1 Å². The lowest BCUT2D eigenvalue weighted by Gasteiger charge is -2.22. The Bertz CT molecular complexity index is 1460. The van der Waals surface area contributed by atoms with Crippen molar-refractivity contribution in [2.24, 2.45) is 0 Å². The molecule has 0 radical (unpaired) electrons. The van der Waals surface area contributed by atoms with Gasteiger partial charge in [-0.15, -0.1) is 0 Å². The number of rotatable bonds is 8. The Morgan fingerprint density at radius 2 is 1.75 bits per heavy atom. The summed E-state index contributed by atoms with van der Waals surface area (Å²) in [7, 11) is 0. The van der Waals surface area contributed by atoms with Crippen molar-refractivity contribution in [3.8, 4) is 11.5 Å². The Kier molecular flexibility index (Phi) is 9.31. The first-order valence-electron chi connectivity index (χ1n) is 13.5. The third kappa shape index (κ3) is 6.46. The van der Waals surface area contributed by atoms with Crippen LogP contribution in [0.2, 0.25) is 0 Å². The molecule has 7 nitrogen and oxygen atoms in total. The summed E-state index contributed by atoms with van der Waals surface area (Å²) in [5.74, 6) is 0.578. The maximum Gasteiger partial charge on any atom is 0.294 e. The third-order valence-electron chi connectivity index (χ3n) is 7.01. The van der Waals surface area contributed by atoms with E-state index < -0.39 is 11.1 Å². The number of benzene rings is 3. The molecule has 3 aromatic carbocycles. The number of likely N-dealkylation sites (tertiary alicyclic amines) is 1. The summed E-state index contributed by atoms with van der Waals surface area (Å²) in [6, 6.07) is 18.1. The van der Waals surface area contributed by atoms with Crippen LogP contribution in [0.1, 0.15) is 43.7 Å². The first-order valence-corrected chi connectivity index (χ1v) is 15.4. The van der Waals surface area contributed by atoms with E-state index in [9.17, 15) is 14.4 Å². The molecule has 2 heterocycles. The van der Waals surface area contributed by atoms with E-state index in [1.807, 2.05) is 37.3 Å². The summed E-state index contributed by atoms with van der Waals surface area (Å²) in [6.07, 6.45) is 5.79. The minimum atomic E-state index is -0.442. The van der Waals surface area contributed by atoms with Gasteiger partial charge in [-0.25, -0.2) is 0 Å². The van der Waals surface area contributed by atoms with E-state index in [2.05, 4.69) is 46.9 Å². The largest absolute Gasteiger partial charge is 0.490 e. The molecule has 2 fully saturated rings. The molecule has 5 rings (SSSR count). The molecule has 9 heteroatoms. The number of nitrogens with zero attached hydrogens (tertiary/aromatic N) is 2. The van der Waals surface area contributed by atoms with Crippen molar-refractivity contribution in [1.29, 1.82) is 0 Å². The molecule has 0 N–H and O–H groups in total. The number of carbonyl (C=O) groups is 3. The maximum atomic E-state index is 13.1. The summed E-state index contributed by atoms with van der Waals surface area (Å²) in [4.78, 5) is 41.7. The second kappa shape index (κ2) is 13.1. The normalized spacial score (nSPS) is 17.0. The predicted octanol–water partition coefficient (Wildman–Crippen LogP) is 6.86. The minimum Gasteiger partial charge on any atom is -0.490 e. The van der Waals surface area contributed by atoms with Gasteiger partial charge >= 0.3 is 0 Å². The molecule has 0 aromatic heterocycles. The van der Waals surface area contributed by atoms with Crippen LogP contribution in [0.25, 0.3) is 16.8 Å². The lowest BCUT2D eigenvalue weighted by molar-refractivity contribution is -0.135. The van der Waals surface area contributed by atoms with Crippen LogP contribution in [-0.2, 0) is 16.2 Å². The van der Waals surface area contributed by atoms with Crippen molar-refractivity contribution in [2.75, 3.05) is 26.2 Å². The van der Waals surface area contributed by atoms with Crippen LogP contribution >= 0.6 is 34.4 Å². The molecule has 0 unspecified atom stereocenters. The van der Waals surface area contributed by atoms with Crippen molar-refractivity contribution in [3.05, 3.63) is 74.2 Å². The van der Waals surface area contributed by atoms with Gasteiger partial charge in [-0.2, -0.15) is 0 Å². The highest BCUT2D eigenvalue weighted by Crippen LogP contribution is 2.38. The maximum absolute atomic E-state index is 13.1. The predicted molar refractivity (Wildman–Crippen MR) is 166 cm³/mol. The van der Waals surface area contributed by atoms with Gasteiger partial charge in [0.15, 0.2) is 11.5 Å². The molecule has 208 valence electrons. The summed E-state index contributed by atoms with van der Waals surface area (Å²) in [5.41, 5.74) is 1.79. The van der Waals surface area contributed by atoms with E-state index in [4.69, 9.17) is 9.47 Å². The van der Waals surface area contributed by atoms with Gasteiger partial charge in [-0.1, -0.05) is 55.3 Å². The van der Waals surface area contributed by atoms with Crippen LogP contribution in [0.4, 0.5) is 4.79 Å². The molecular formula is C31H31IN2O5S. The first kappa shape index (κ1) is 28.5. The molecule has 2 aliphatic rings. The van der Waals surface area contributed by atoms with Crippen molar-refractivity contribution in [3.63, 3.8) is 0 Å². The van der Waals surface area contributed by atoms with E-state index >= 15 is 0 Å². The van der Waals surface area contributed by atoms with Crippen molar-refractivity contribution < 1.29 is 23.9 Å². The number of hydrogen-bond acceptors (Lipinski definition) is 6. The van der Waals surface area contributed by atoms with E-state index in [0.717, 1.165) is 67.8 Å². The molecule has 0 spiro atoms. The van der Waals surface area contributed by atoms with E-state index in [1.54, 1.807) is 11.0 Å². The van der Waals surface area contributed by atoms with Crippen LogP contribution in [0.15, 0.2) is 59.5 Å². The van der Waals surface area contributed by atoms with Gasteiger partial charge in [0.1, 0.15) is 13.2 Å². The number of halogens is 1. The highest BCUT2D eigenvalue weighted by atomic mass is 127. The Balaban J connectivity index is 1.33. The molecule has 3 aromatic rings. The van der Waals surface area contributed by atoms with E-state index in [1.165, 1.54) is 0 Å². The fourth-order valence-corrected chi connectivity index (χ4v) is 6.60. The Morgan fingerprint density at radius 3 is 2.52 bits per heavy atom.